The van der Waals surface area contributed by atoms with E-state index in [-0.39, 0.29) is 13.1 Å². The van der Waals surface area contributed by atoms with Gasteiger partial charge in [-0.1, -0.05) is 41.9 Å². The lowest BCUT2D eigenvalue weighted by atomic mass is 9.92. The Morgan fingerprint density at radius 2 is 1.72 bits per heavy atom. The number of anilines is 2. The number of halogens is 2. The number of rotatable bonds is 10. The molecule has 2 heterocycles. The van der Waals surface area contributed by atoms with Crippen molar-refractivity contribution in [2.24, 2.45) is 11.1 Å². The number of carbonyl (C=O) groups excluding carboxylic acids is 1. The summed E-state index contributed by atoms with van der Waals surface area (Å²) >= 11 is 7.02. The minimum Gasteiger partial charge on any atom is -0.496 e. The minimum absolute atomic E-state index is 0.163. The fourth-order valence-corrected chi connectivity index (χ4v) is 5.19. The van der Waals surface area contributed by atoms with E-state index in [9.17, 15) is 4.79 Å². The molecule has 5 rings (SSSR count). The van der Waals surface area contributed by atoms with E-state index in [1.54, 1.807) is 38.5 Å². The van der Waals surface area contributed by atoms with Gasteiger partial charge < -0.3 is 21.1 Å². The van der Waals surface area contributed by atoms with Gasteiger partial charge in [-0.15, -0.1) is 0 Å². The van der Waals surface area contributed by atoms with Crippen LogP contribution in [0.1, 0.15) is 25.0 Å². The van der Waals surface area contributed by atoms with Crippen LogP contribution < -0.4 is 21.1 Å². The molecule has 0 unspecified atom stereocenters. The zero-order chi connectivity index (χ0) is 30.7. The summed E-state index contributed by atoms with van der Waals surface area (Å²) in [7, 11) is 1.49. The third-order valence-corrected chi connectivity index (χ3v) is 7.89. The first-order chi connectivity index (χ1) is 20.6. The Kier molecular flexibility index (Phi) is 8.57. The van der Waals surface area contributed by atoms with Crippen LogP contribution in [0.5, 0.6) is 5.75 Å². The molecular formula is C33H32ClFN6O2. The van der Waals surface area contributed by atoms with Crippen molar-refractivity contribution in [1.82, 2.24) is 20.3 Å². The molecule has 0 fully saturated rings. The number of methoxy groups -OCH3 is 1. The van der Waals surface area contributed by atoms with E-state index >= 15 is 4.39 Å². The van der Waals surface area contributed by atoms with Crippen LogP contribution in [0.15, 0.2) is 73.2 Å². The maximum Gasteiger partial charge on any atom is 0.224 e. The van der Waals surface area contributed by atoms with Gasteiger partial charge in [0.25, 0.3) is 0 Å². The first kappa shape index (κ1) is 29.9. The first-order valence-electron chi connectivity index (χ1n) is 13.7. The van der Waals surface area contributed by atoms with Gasteiger partial charge >= 0.3 is 0 Å². The lowest BCUT2D eigenvalue weighted by molar-refractivity contribution is -0.125. The van der Waals surface area contributed by atoms with Crippen LogP contribution in [-0.4, -0.2) is 34.5 Å². The highest BCUT2D eigenvalue weighted by Crippen LogP contribution is 2.41. The Hall–Kier alpha value is -4.60. The Morgan fingerprint density at radius 3 is 2.49 bits per heavy atom. The van der Waals surface area contributed by atoms with Crippen molar-refractivity contribution in [3.8, 4) is 28.0 Å². The second-order valence-electron chi connectivity index (χ2n) is 10.8. The number of aromatic nitrogens is 3. The largest absolute Gasteiger partial charge is 0.496 e. The van der Waals surface area contributed by atoms with Gasteiger partial charge in [0.2, 0.25) is 5.91 Å². The molecule has 5 aromatic rings. The molecule has 0 atom stereocenters. The molecule has 4 N–H and O–H groups in total. The van der Waals surface area contributed by atoms with Gasteiger partial charge in [-0.3, -0.25) is 9.78 Å². The quantitative estimate of drug-likeness (QED) is 0.162. The number of hydrogen-bond donors (Lipinski definition) is 3. The van der Waals surface area contributed by atoms with E-state index in [1.165, 1.54) is 13.2 Å². The average Bonchev–Trinajstić information content (AvgIpc) is 2.99. The summed E-state index contributed by atoms with van der Waals surface area (Å²) in [6.45, 7) is 5.92. The van der Waals surface area contributed by atoms with Crippen LogP contribution in [0, 0.1) is 18.2 Å². The topological polar surface area (TPSA) is 115 Å². The molecule has 2 aromatic heterocycles. The van der Waals surface area contributed by atoms with Gasteiger partial charge in [0, 0.05) is 54.1 Å². The smallest absolute Gasteiger partial charge is 0.224 e. The Labute approximate surface area is 254 Å². The van der Waals surface area contributed by atoms with E-state index in [1.807, 2.05) is 49.4 Å². The summed E-state index contributed by atoms with van der Waals surface area (Å²) < 4.78 is 21.0. The van der Waals surface area contributed by atoms with Crippen molar-refractivity contribution in [2.75, 3.05) is 19.0 Å². The highest BCUT2D eigenvalue weighted by Gasteiger charge is 2.25. The highest BCUT2D eigenvalue weighted by atomic mass is 35.5. The van der Waals surface area contributed by atoms with E-state index in [4.69, 9.17) is 22.1 Å². The van der Waals surface area contributed by atoms with Gasteiger partial charge in [-0.05, 0) is 61.7 Å². The normalized spacial score (nSPS) is 11.5. The lowest BCUT2D eigenvalue weighted by Gasteiger charge is -2.21. The second-order valence-corrected chi connectivity index (χ2v) is 11.2. The molecular weight excluding hydrogens is 567 g/mol. The molecule has 43 heavy (non-hydrogen) atoms. The number of carbonyl (C=O) groups is 1. The van der Waals surface area contributed by atoms with E-state index in [0.717, 1.165) is 27.9 Å². The molecule has 0 aliphatic heterocycles. The minimum atomic E-state index is -0.776. The number of benzene rings is 3. The molecule has 0 saturated carbocycles. The average molecular weight is 599 g/mol. The number of nitrogens with two attached hydrogens (primary N) is 1. The standard InChI is InChI=1S/C33H32ClFN6O2/c1-19-21(7-6-10-26(19)41-31-30-27(11-12-40-31)38-13-14-39-30)23-9-5-8-22(29(23)34)20-15-25(35)24(28(16-20)43-4)17-37-18-33(2,3)32(36)42/h5-16,37H,17-18H2,1-4H3,(H2,36,42)(H,40,41). The van der Waals surface area contributed by atoms with E-state index < -0.39 is 17.1 Å². The van der Waals surface area contributed by atoms with Crippen LogP contribution in [0.4, 0.5) is 15.9 Å². The SMILES string of the molecule is COc1cc(-c2cccc(-c3cccc(Nc4nccc5nccnc45)c3C)c2Cl)cc(F)c1CNCC(C)(C)C(N)=O. The summed E-state index contributed by atoms with van der Waals surface area (Å²) in [5, 5.41) is 6.99. The van der Waals surface area contributed by atoms with Gasteiger partial charge in [-0.2, -0.15) is 0 Å². The molecule has 3 aromatic carbocycles. The van der Waals surface area contributed by atoms with Crippen LogP contribution in [0.2, 0.25) is 5.02 Å². The summed E-state index contributed by atoms with van der Waals surface area (Å²) in [6, 6.07) is 16.6. The Bertz CT molecular complexity index is 1820. The second kappa shape index (κ2) is 12.3. The zero-order valence-electron chi connectivity index (χ0n) is 24.3. The fraction of sp³-hybridized carbons (Fsp3) is 0.212. The third kappa shape index (κ3) is 6.14. The fourth-order valence-electron chi connectivity index (χ4n) is 4.85. The highest BCUT2D eigenvalue weighted by molar-refractivity contribution is 6.36. The molecule has 0 saturated heterocycles. The first-order valence-corrected chi connectivity index (χ1v) is 14.1. The Balaban J connectivity index is 1.47. The Morgan fingerprint density at radius 1 is 1.00 bits per heavy atom. The molecule has 10 heteroatoms. The van der Waals surface area contributed by atoms with Crippen LogP contribution in [-0.2, 0) is 11.3 Å². The summed E-state index contributed by atoms with van der Waals surface area (Å²) in [5.74, 6) is 0.0802. The number of ether oxygens (including phenoxy) is 1. The van der Waals surface area contributed by atoms with Crippen molar-refractivity contribution in [3.05, 3.63) is 95.2 Å². The van der Waals surface area contributed by atoms with Gasteiger partial charge in [0.15, 0.2) is 5.82 Å². The van der Waals surface area contributed by atoms with Crippen molar-refractivity contribution in [1.29, 1.82) is 0 Å². The number of primary amides is 1. The maximum atomic E-state index is 15.5. The predicted molar refractivity (Wildman–Crippen MR) is 169 cm³/mol. The van der Waals surface area contributed by atoms with Crippen LogP contribution >= 0.6 is 11.6 Å². The number of nitrogens with zero attached hydrogens (tertiary/aromatic N) is 3. The monoisotopic (exact) mass is 598 g/mol. The number of nitrogens with one attached hydrogen (secondary N) is 2. The number of amides is 1. The van der Waals surface area contributed by atoms with Crippen molar-refractivity contribution < 1.29 is 13.9 Å². The molecule has 8 nitrogen and oxygen atoms in total. The van der Waals surface area contributed by atoms with Crippen LogP contribution in [0.3, 0.4) is 0 Å². The number of hydrogen-bond acceptors (Lipinski definition) is 7. The molecule has 0 aliphatic rings. The van der Waals surface area contributed by atoms with Crippen molar-refractivity contribution in [2.45, 2.75) is 27.3 Å². The summed E-state index contributed by atoms with van der Waals surface area (Å²) in [4.78, 5) is 24.9. The van der Waals surface area contributed by atoms with E-state index in [2.05, 4.69) is 25.6 Å². The van der Waals surface area contributed by atoms with Gasteiger partial charge in [0.05, 0.1) is 23.1 Å². The molecule has 0 aliphatic carbocycles. The molecule has 0 radical (unpaired) electrons. The number of pyridine rings is 1. The van der Waals surface area contributed by atoms with Crippen LogP contribution in [0.25, 0.3) is 33.3 Å². The van der Waals surface area contributed by atoms with Crippen molar-refractivity contribution in [3.63, 3.8) is 0 Å². The lowest BCUT2D eigenvalue weighted by Crippen LogP contribution is -2.40. The number of fused-ring (bicyclic) bond motifs is 1. The molecule has 0 spiro atoms. The van der Waals surface area contributed by atoms with E-state index in [0.29, 0.717) is 38.8 Å². The van der Waals surface area contributed by atoms with Gasteiger partial charge in [-0.25, -0.2) is 14.4 Å². The zero-order valence-corrected chi connectivity index (χ0v) is 25.1. The van der Waals surface area contributed by atoms with Gasteiger partial charge in [0.1, 0.15) is 17.1 Å². The predicted octanol–water partition coefficient (Wildman–Crippen LogP) is 6.81. The third-order valence-electron chi connectivity index (χ3n) is 7.48. The van der Waals surface area contributed by atoms with Crippen molar-refractivity contribution >= 4 is 40.0 Å². The molecule has 220 valence electrons. The maximum absolute atomic E-state index is 15.5. The molecule has 1 amide bonds. The molecule has 0 bridgehead atoms. The summed E-state index contributed by atoms with van der Waals surface area (Å²) in [5.41, 5.74) is 11.2. The summed E-state index contributed by atoms with van der Waals surface area (Å²) in [6.07, 6.45) is 4.97.